The molecule has 0 aliphatic carbocycles. The van der Waals surface area contributed by atoms with Gasteiger partial charge in [0.1, 0.15) is 12.4 Å². The number of benzene rings is 3. The van der Waals surface area contributed by atoms with E-state index in [1.807, 2.05) is 36.4 Å². The average molecular weight is 454 g/mol. The van der Waals surface area contributed by atoms with E-state index >= 15 is 0 Å². The third-order valence-corrected chi connectivity index (χ3v) is 5.61. The van der Waals surface area contributed by atoms with E-state index < -0.39 is 11.7 Å². The summed E-state index contributed by atoms with van der Waals surface area (Å²) in [7, 11) is 0. The summed E-state index contributed by atoms with van der Waals surface area (Å²) in [6.07, 6.45) is -1.07. The van der Waals surface area contributed by atoms with Crippen molar-refractivity contribution in [1.82, 2.24) is 10.1 Å². The van der Waals surface area contributed by atoms with Crippen LogP contribution in [0.4, 0.5) is 13.2 Å². The maximum atomic E-state index is 12.7. The minimum Gasteiger partial charge on any atom is -0.489 e. The molecule has 172 valence electrons. The number of ether oxygens (including phenoxy) is 1. The van der Waals surface area contributed by atoms with Crippen molar-refractivity contribution in [2.75, 3.05) is 0 Å². The lowest BCUT2D eigenvalue weighted by Gasteiger charge is -2.10. The van der Waals surface area contributed by atoms with Gasteiger partial charge in [-0.15, -0.1) is 0 Å². The average Bonchev–Trinajstić information content (AvgIpc) is 3.31. The van der Waals surface area contributed by atoms with E-state index in [0.29, 0.717) is 23.0 Å². The summed E-state index contributed by atoms with van der Waals surface area (Å²) in [5.74, 6) is 2.10. The van der Waals surface area contributed by atoms with Gasteiger partial charge in [-0.25, -0.2) is 0 Å². The van der Waals surface area contributed by atoms with E-state index in [-0.39, 0.29) is 12.5 Å². The Balaban J connectivity index is 1.44. The van der Waals surface area contributed by atoms with Crippen LogP contribution >= 0.6 is 0 Å². The first-order chi connectivity index (χ1) is 15.8. The van der Waals surface area contributed by atoms with Gasteiger partial charge < -0.3 is 9.26 Å². The van der Waals surface area contributed by atoms with E-state index in [9.17, 15) is 13.2 Å². The largest absolute Gasteiger partial charge is 0.489 e. The highest BCUT2D eigenvalue weighted by atomic mass is 19.4. The van der Waals surface area contributed by atoms with Crippen LogP contribution < -0.4 is 4.74 Å². The molecule has 0 spiro atoms. The van der Waals surface area contributed by atoms with Gasteiger partial charge in [0.25, 0.3) is 0 Å². The molecule has 0 saturated carbocycles. The molecule has 4 rings (SSSR count). The van der Waals surface area contributed by atoms with Gasteiger partial charge in [0.15, 0.2) is 0 Å². The van der Waals surface area contributed by atoms with Crippen LogP contribution in [0.25, 0.3) is 22.2 Å². The number of halogens is 3. The summed E-state index contributed by atoms with van der Waals surface area (Å²) in [6, 6.07) is 16.6. The summed E-state index contributed by atoms with van der Waals surface area (Å²) in [5.41, 5.74) is 0.870. The molecule has 0 amide bonds. The molecule has 1 heterocycles. The van der Waals surface area contributed by atoms with E-state index in [1.165, 1.54) is 12.1 Å². The van der Waals surface area contributed by atoms with Crippen LogP contribution in [0, 0.1) is 0 Å². The first-order valence-corrected chi connectivity index (χ1v) is 11.0. The molecule has 0 saturated heterocycles. The summed E-state index contributed by atoms with van der Waals surface area (Å²) in [6.45, 7) is 4.44. The van der Waals surface area contributed by atoms with Gasteiger partial charge in [0, 0.05) is 11.5 Å². The Hall–Kier alpha value is -3.35. The van der Waals surface area contributed by atoms with Crippen LogP contribution in [-0.4, -0.2) is 10.1 Å². The fraction of sp³-hybridized carbons (Fsp3) is 0.308. The zero-order chi connectivity index (χ0) is 23.4. The molecule has 0 bridgehead atoms. The Morgan fingerprint density at radius 2 is 1.70 bits per heavy atom. The maximum Gasteiger partial charge on any atom is 0.416 e. The maximum absolute atomic E-state index is 12.7. The third-order valence-electron chi connectivity index (χ3n) is 5.61. The Morgan fingerprint density at radius 1 is 0.970 bits per heavy atom. The molecule has 3 aromatic carbocycles. The van der Waals surface area contributed by atoms with Crippen molar-refractivity contribution in [3.05, 3.63) is 77.7 Å². The van der Waals surface area contributed by atoms with Crippen molar-refractivity contribution in [2.45, 2.75) is 51.8 Å². The molecular weight excluding hydrogens is 429 g/mol. The van der Waals surface area contributed by atoms with Gasteiger partial charge in [-0.2, -0.15) is 18.2 Å². The van der Waals surface area contributed by atoms with Gasteiger partial charge in [-0.1, -0.05) is 62.2 Å². The first-order valence-electron chi connectivity index (χ1n) is 11.0. The lowest BCUT2D eigenvalue weighted by Crippen LogP contribution is -2.05. The normalized spacial score (nSPS) is 12.8. The first kappa shape index (κ1) is 22.8. The molecule has 33 heavy (non-hydrogen) atoms. The molecular formula is C26H25F3N2O2. The quantitative estimate of drug-likeness (QED) is 0.273. The SMILES string of the molecule is CCCC[C@H](C)c1nc(-c2ccc3cc(OCc4ccc(C(F)(F)F)cc4)ccc3c2)no1. The predicted octanol–water partition coefficient (Wildman–Crippen LogP) is 7.78. The highest BCUT2D eigenvalue weighted by molar-refractivity contribution is 5.87. The zero-order valence-corrected chi connectivity index (χ0v) is 18.5. The predicted molar refractivity (Wildman–Crippen MR) is 121 cm³/mol. The summed E-state index contributed by atoms with van der Waals surface area (Å²) in [5, 5.41) is 6.12. The van der Waals surface area contributed by atoms with Crippen molar-refractivity contribution < 1.29 is 22.4 Å². The fourth-order valence-corrected chi connectivity index (χ4v) is 3.60. The number of hydrogen-bond donors (Lipinski definition) is 0. The van der Waals surface area contributed by atoms with Crippen molar-refractivity contribution in [3.8, 4) is 17.1 Å². The van der Waals surface area contributed by atoms with Crippen molar-refractivity contribution in [3.63, 3.8) is 0 Å². The van der Waals surface area contributed by atoms with E-state index in [0.717, 1.165) is 47.7 Å². The zero-order valence-electron chi connectivity index (χ0n) is 18.5. The van der Waals surface area contributed by atoms with Crippen molar-refractivity contribution in [1.29, 1.82) is 0 Å². The van der Waals surface area contributed by atoms with E-state index in [1.54, 1.807) is 0 Å². The van der Waals surface area contributed by atoms with Gasteiger partial charge in [0.05, 0.1) is 5.56 Å². The molecule has 0 fully saturated rings. The highest BCUT2D eigenvalue weighted by Gasteiger charge is 2.29. The van der Waals surface area contributed by atoms with Gasteiger partial charge >= 0.3 is 6.18 Å². The molecule has 1 atom stereocenters. The standard InChI is InChI=1S/C26H25F3N2O2/c1-3-4-5-17(2)25-30-24(31-33-25)21-9-8-20-15-23(13-10-19(20)14-21)32-16-18-6-11-22(12-7-18)26(27,28)29/h6-15,17H,3-5,16H2,1-2H3/t17-/m0/s1. The Kier molecular flexibility index (Phi) is 6.67. The lowest BCUT2D eigenvalue weighted by atomic mass is 10.0. The Bertz CT molecular complexity index is 1220. The molecule has 4 aromatic rings. The number of nitrogens with zero attached hydrogens (tertiary/aromatic N) is 2. The number of hydrogen-bond acceptors (Lipinski definition) is 4. The van der Waals surface area contributed by atoms with E-state index in [4.69, 9.17) is 9.26 Å². The monoisotopic (exact) mass is 454 g/mol. The van der Waals surface area contributed by atoms with Crippen molar-refractivity contribution >= 4 is 10.8 Å². The molecule has 0 radical (unpaired) electrons. The summed E-state index contributed by atoms with van der Waals surface area (Å²) >= 11 is 0. The van der Waals surface area contributed by atoms with Gasteiger partial charge in [-0.05, 0) is 53.1 Å². The molecule has 1 aromatic heterocycles. The summed E-state index contributed by atoms with van der Waals surface area (Å²) < 4.78 is 49.3. The fourth-order valence-electron chi connectivity index (χ4n) is 3.60. The number of alkyl halides is 3. The molecule has 0 aliphatic rings. The van der Waals surface area contributed by atoms with Crippen LogP contribution in [0.2, 0.25) is 0 Å². The Morgan fingerprint density at radius 3 is 2.42 bits per heavy atom. The molecule has 7 heteroatoms. The number of unbranched alkanes of at least 4 members (excludes halogenated alkanes) is 1. The smallest absolute Gasteiger partial charge is 0.416 e. The molecule has 4 nitrogen and oxygen atoms in total. The van der Waals surface area contributed by atoms with Crippen molar-refractivity contribution in [2.24, 2.45) is 0 Å². The van der Waals surface area contributed by atoms with Crippen LogP contribution in [0.15, 0.2) is 65.2 Å². The van der Waals surface area contributed by atoms with Crippen LogP contribution in [0.1, 0.15) is 56.0 Å². The molecule has 0 N–H and O–H groups in total. The van der Waals surface area contributed by atoms with Crippen LogP contribution in [0.5, 0.6) is 5.75 Å². The van der Waals surface area contributed by atoms with Gasteiger partial charge in [0.2, 0.25) is 11.7 Å². The second-order valence-electron chi connectivity index (χ2n) is 8.21. The minimum atomic E-state index is -4.34. The Labute approximate surface area is 190 Å². The molecule has 0 aliphatic heterocycles. The minimum absolute atomic E-state index is 0.184. The number of aromatic nitrogens is 2. The van der Waals surface area contributed by atoms with Crippen LogP contribution in [0.3, 0.4) is 0 Å². The lowest BCUT2D eigenvalue weighted by molar-refractivity contribution is -0.137. The van der Waals surface area contributed by atoms with E-state index in [2.05, 4.69) is 24.0 Å². The number of fused-ring (bicyclic) bond motifs is 1. The van der Waals surface area contributed by atoms with Crippen LogP contribution in [-0.2, 0) is 12.8 Å². The summed E-state index contributed by atoms with van der Waals surface area (Å²) in [4.78, 5) is 4.57. The third kappa shape index (κ3) is 5.53. The van der Waals surface area contributed by atoms with Gasteiger partial charge in [-0.3, -0.25) is 0 Å². The second-order valence-corrected chi connectivity index (χ2v) is 8.21. The second kappa shape index (κ2) is 9.65. The topological polar surface area (TPSA) is 48.2 Å². The molecule has 0 unspecified atom stereocenters. The highest BCUT2D eigenvalue weighted by Crippen LogP contribution is 2.30. The number of rotatable bonds is 8.